The summed E-state index contributed by atoms with van der Waals surface area (Å²) in [6.07, 6.45) is 7.45. The molecule has 2 heterocycles. The second-order valence-electron chi connectivity index (χ2n) is 4.11. The maximum atomic E-state index is 12.2. The molecule has 0 bridgehead atoms. The van der Waals surface area contributed by atoms with E-state index < -0.39 is 0 Å². The highest BCUT2D eigenvalue weighted by Crippen LogP contribution is 2.21. The number of halogens is 1. The molecule has 16 heavy (non-hydrogen) atoms. The van der Waals surface area contributed by atoms with Crippen molar-refractivity contribution in [3.63, 3.8) is 0 Å². The Hall–Kier alpha value is -1.03. The van der Waals surface area contributed by atoms with Gasteiger partial charge in [-0.1, -0.05) is 0 Å². The average molecular weight is 242 g/mol. The number of carbonyl (C=O) groups excluding carboxylic acids is 1. The maximum Gasteiger partial charge on any atom is 0.257 e. The molecular weight excluding hydrogens is 226 g/mol. The number of aromatic nitrogens is 2. The number of hydrogen-bond acceptors (Lipinski definition) is 2. The van der Waals surface area contributed by atoms with Crippen molar-refractivity contribution in [1.82, 2.24) is 15.1 Å². The van der Waals surface area contributed by atoms with Crippen molar-refractivity contribution in [2.45, 2.75) is 31.7 Å². The summed E-state index contributed by atoms with van der Waals surface area (Å²) >= 11 is 5.77. The minimum Gasteiger partial charge on any atom is -0.336 e. The summed E-state index contributed by atoms with van der Waals surface area (Å²) in [6, 6.07) is 0.300. The molecule has 2 rings (SSSR count). The second-order valence-corrected chi connectivity index (χ2v) is 4.49. The van der Waals surface area contributed by atoms with Gasteiger partial charge in [0, 0.05) is 24.7 Å². The Bertz CT molecular complexity index is 337. The van der Waals surface area contributed by atoms with E-state index in [1.54, 1.807) is 12.4 Å². The summed E-state index contributed by atoms with van der Waals surface area (Å²) < 4.78 is 0. The molecule has 1 aromatic heterocycles. The largest absolute Gasteiger partial charge is 0.336 e. The lowest BCUT2D eigenvalue weighted by Crippen LogP contribution is -2.43. The SMILES string of the molecule is O=C(c1cn[nH]c1)N1CCCCC1CCCl. The molecule has 1 aliphatic rings. The van der Waals surface area contributed by atoms with Crippen LogP contribution in [0.5, 0.6) is 0 Å². The third kappa shape index (κ3) is 2.38. The van der Waals surface area contributed by atoms with E-state index in [0.29, 0.717) is 17.5 Å². The Balaban J connectivity index is 2.08. The van der Waals surface area contributed by atoms with E-state index in [-0.39, 0.29) is 5.91 Å². The predicted molar refractivity (Wildman–Crippen MR) is 62.6 cm³/mol. The van der Waals surface area contributed by atoms with Crippen molar-refractivity contribution >= 4 is 17.5 Å². The third-order valence-corrected chi connectivity index (χ3v) is 3.29. The molecular formula is C11H16ClN3O. The molecule has 88 valence electrons. The standard InChI is InChI=1S/C11H16ClN3O/c12-5-4-10-3-1-2-6-15(10)11(16)9-7-13-14-8-9/h7-8,10H,1-6H2,(H,13,14). The van der Waals surface area contributed by atoms with Gasteiger partial charge >= 0.3 is 0 Å². The molecule has 0 saturated carbocycles. The summed E-state index contributed by atoms with van der Waals surface area (Å²) in [7, 11) is 0. The molecule has 0 aromatic carbocycles. The zero-order valence-electron chi connectivity index (χ0n) is 9.16. The Kier molecular flexibility index (Phi) is 3.83. The van der Waals surface area contributed by atoms with Gasteiger partial charge in [-0.15, -0.1) is 11.6 Å². The zero-order chi connectivity index (χ0) is 11.4. The first-order valence-electron chi connectivity index (χ1n) is 5.68. The summed E-state index contributed by atoms with van der Waals surface area (Å²) in [5, 5.41) is 6.48. The first-order valence-corrected chi connectivity index (χ1v) is 6.22. The maximum absolute atomic E-state index is 12.2. The number of nitrogens with one attached hydrogen (secondary N) is 1. The minimum absolute atomic E-state index is 0.0727. The van der Waals surface area contributed by atoms with E-state index in [0.717, 1.165) is 25.8 Å². The molecule has 1 unspecified atom stereocenters. The lowest BCUT2D eigenvalue weighted by molar-refractivity contribution is 0.0609. The third-order valence-electron chi connectivity index (χ3n) is 3.08. The van der Waals surface area contributed by atoms with Crippen LogP contribution in [0, 0.1) is 0 Å². The van der Waals surface area contributed by atoms with E-state index in [9.17, 15) is 4.79 Å². The first-order chi connectivity index (χ1) is 7.83. The van der Waals surface area contributed by atoms with E-state index in [1.807, 2.05) is 4.90 Å². The van der Waals surface area contributed by atoms with Gasteiger partial charge in [0.05, 0.1) is 11.8 Å². The first kappa shape index (κ1) is 11.5. The fourth-order valence-electron chi connectivity index (χ4n) is 2.23. The molecule has 5 heteroatoms. The Labute approximate surface area is 100.0 Å². The van der Waals surface area contributed by atoms with Gasteiger partial charge in [-0.3, -0.25) is 9.89 Å². The number of alkyl halides is 1. The lowest BCUT2D eigenvalue weighted by atomic mass is 9.99. The molecule has 1 amide bonds. The Morgan fingerprint density at radius 2 is 2.50 bits per heavy atom. The molecule has 4 nitrogen and oxygen atoms in total. The van der Waals surface area contributed by atoms with Gasteiger partial charge in [-0.25, -0.2) is 0 Å². The Morgan fingerprint density at radius 3 is 3.19 bits per heavy atom. The van der Waals surface area contributed by atoms with Gasteiger partial charge in [0.15, 0.2) is 0 Å². The van der Waals surface area contributed by atoms with Crippen molar-refractivity contribution in [2.24, 2.45) is 0 Å². The van der Waals surface area contributed by atoms with Gasteiger partial charge in [0.25, 0.3) is 5.91 Å². The predicted octanol–water partition coefficient (Wildman–Crippen LogP) is 2.03. The van der Waals surface area contributed by atoms with Gasteiger partial charge in [0.1, 0.15) is 0 Å². The normalized spacial score (nSPS) is 21.1. The smallest absolute Gasteiger partial charge is 0.257 e. The summed E-state index contributed by atoms with van der Waals surface area (Å²) in [4.78, 5) is 14.1. The number of rotatable bonds is 3. The highest BCUT2D eigenvalue weighted by atomic mass is 35.5. The highest BCUT2D eigenvalue weighted by Gasteiger charge is 2.27. The topological polar surface area (TPSA) is 49.0 Å². The average Bonchev–Trinajstić information content (AvgIpc) is 2.83. The van der Waals surface area contributed by atoms with Crippen LogP contribution in [0.25, 0.3) is 0 Å². The van der Waals surface area contributed by atoms with Crippen LogP contribution in [0.2, 0.25) is 0 Å². The zero-order valence-corrected chi connectivity index (χ0v) is 9.91. The number of aromatic amines is 1. The van der Waals surface area contributed by atoms with Crippen LogP contribution in [0.3, 0.4) is 0 Å². The number of nitrogens with zero attached hydrogens (tertiary/aromatic N) is 2. The number of amides is 1. The number of piperidine rings is 1. The molecule has 1 fully saturated rings. The van der Waals surface area contributed by atoms with Gasteiger partial charge in [-0.2, -0.15) is 5.10 Å². The molecule has 1 aromatic rings. The van der Waals surface area contributed by atoms with Gasteiger partial charge < -0.3 is 4.90 Å². The summed E-state index contributed by atoms with van der Waals surface area (Å²) in [5.41, 5.74) is 0.640. The number of H-pyrrole nitrogens is 1. The van der Waals surface area contributed by atoms with Crippen LogP contribution in [0.15, 0.2) is 12.4 Å². The van der Waals surface area contributed by atoms with E-state index >= 15 is 0 Å². The molecule has 1 atom stereocenters. The van der Waals surface area contributed by atoms with Crippen LogP contribution >= 0.6 is 11.6 Å². The van der Waals surface area contributed by atoms with E-state index in [1.165, 1.54) is 6.42 Å². The summed E-state index contributed by atoms with van der Waals surface area (Å²) in [5.74, 6) is 0.684. The molecule has 1 saturated heterocycles. The van der Waals surface area contributed by atoms with E-state index in [2.05, 4.69) is 10.2 Å². The van der Waals surface area contributed by atoms with E-state index in [4.69, 9.17) is 11.6 Å². The molecule has 0 aliphatic carbocycles. The van der Waals surface area contributed by atoms with Gasteiger partial charge in [0.2, 0.25) is 0 Å². The van der Waals surface area contributed by atoms with Crippen LogP contribution in [0.4, 0.5) is 0 Å². The highest BCUT2D eigenvalue weighted by molar-refractivity contribution is 6.17. The molecule has 0 radical (unpaired) electrons. The quantitative estimate of drug-likeness (QED) is 0.824. The fourth-order valence-corrected chi connectivity index (χ4v) is 2.48. The van der Waals surface area contributed by atoms with Crippen molar-refractivity contribution in [2.75, 3.05) is 12.4 Å². The van der Waals surface area contributed by atoms with Crippen molar-refractivity contribution < 1.29 is 4.79 Å². The summed E-state index contributed by atoms with van der Waals surface area (Å²) in [6.45, 7) is 0.839. The lowest BCUT2D eigenvalue weighted by Gasteiger charge is -2.35. The van der Waals surface area contributed by atoms with Crippen LogP contribution < -0.4 is 0 Å². The number of hydrogen-bond donors (Lipinski definition) is 1. The Morgan fingerprint density at radius 1 is 1.62 bits per heavy atom. The molecule has 1 aliphatic heterocycles. The van der Waals surface area contributed by atoms with Gasteiger partial charge in [-0.05, 0) is 25.7 Å². The van der Waals surface area contributed by atoms with Crippen LogP contribution in [0.1, 0.15) is 36.0 Å². The second kappa shape index (κ2) is 5.34. The van der Waals surface area contributed by atoms with Crippen molar-refractivity contribution in [1.29, 1.82) is 0 Å². The molecule has 1 N–H and O–H groups in total. The molecule has 0 spiro atoms. The number of likely N-dealkylation sites (tertiary alicyclic amines) is 1. The minimum atomic E-state index is 0.0727. The number of carbonyl (C=O) groups is 1. The fraction of sp³-hybridized carbons (Fsp3) is 0.636. The monoisotopic (exact) mass is 241 g/mol. The van der Waals surface area contributed by atoms with Crippen LogP contribution in [-0.4, -0.2) is 39.5 Å². The van der Waals surface area contributed by atoms with Crippen LogP contribution in [-0.2, 0) is 0 Å². The van der Waals surface area contributed by atoms with Crippen molar-refractivity contribution in [3.05, 3.63) is 18.0 Å². The van der Waals surface area contributed by atoms with Crippen molar-refractivity contribution in [3.8, 4) is 0 Å².